The zero-order chi connectivity index (χ0) is 11.5. The van der Waals surface area contributed by atoms with Crippen LogP contribution in [0.15, 0.2) is 0 Å². The molecular formula is C9H17F3N2. The van der Waals surface area contributed by atoms with Crippen LogP contribution in [0.1, 0.15) is 27.7 Å². The number of nitrogens with zero attached hydrogens (tertiary/aromatic N) is 1. The number of halogens is 3. The van der Waals surface area contributed by atoms with E-state index < -0.39 is 12.7 Å². The molecule has 0 radical (unpaired) electrons. The monoisotopic (exact) mass is 210 g/mol. The highest BCUT2D eigenvalue weighted by Gasteiger charge is 2.33. The van der Waals surface area contributed by atoms with Crippen LogP contribution in [0.5, 0.6) is 0 Å². The highest BCUT2D eigenvalue weighted by atomic mass is 19.4. The van der Waals surface area contributed by atoms with Crippen LogP contribution in [0.2, 0.25) is 0 Å². The van der Waals surface area contributed by atoms with Gasteiger partial charge in [-0.2, -0.15) is 13.2 Å². The Bertz CT molecular complexity index is 197. The maximum absolute atomic E-state index is 12.2. The van der Waals surface area contributed by atoms with Crippen molar-refractivity contribution < 1.29 is 13.2 Å². The predicted octanol–water partition coefficient (Wildman–Crippen LogP) is 2.89. The molecule has 0 aromatic rings. The number of nitrogens with one attached hydrogen (secondary N) is 1. The second-order valence-electron chi connectivity index (χ2n) is 3.88. The fraction of sp³-hybridized carbons (Fsp3) is 0.889. The van der Waals surface area contributed by atoms with Crippen LogP contribution < -0.4 is 0 Å². The van der Waals surface area contributed by atoms with Gasteiger partial charge in [0.1, 0.15) is 6.54 Å². The van der Waals surface area contributed by atoms with Crippen molar-refractivity contribution in [3.05, 3.63) is 0 Å². The summed E-state index contributed by atoms with van der Waals surface area (Å²) in [6, 6.07) is -0.300. The van der Waals surface area contributed by atoms with Gasteiger partial charge in [-0.3, -0.25) is 5.41 Å². The molecule has 0 rings (SSSR count). The minimum absolute atomic E-state index is 0.0392. The SMILES string of the molecule is CC(C)C(=N)N(CC(F)(F)F)C(C)C. The highest BCUT2D eigenvalue weighted by molar-refractivity contribution is 5.81. The maximum Gasteiger partial charge on any atom is 0.405 e. The van der Waals surface area contributed by atoms with Crippen molar-refractivity contribution in [2.45, 2.75) is 39.9 Å². The first-order chi connectivity index (χ1) is 6.15. The molecule has 0 amide bonds. The van der Waals surface area contributed by atoms with E-state index in [-0.39, 0.29) is 17.8 Å². The van der Waals surface area contributed by atoms with Crippen molar-refractivity contribution in [3.8, 4) is 0 Å². The Kier molecular flexibility index (Phi) is 4.42. The first-order valence-electron chi connectivity index (χ1n) is 4.57. The fourth-order valence-corrected chi connectivity index (χ4v) is 1.07. The second-order valence-corrected chi connectivity index (χ2v) is 3.88. The Morgan fingerprint density at radius 3 is 1.86 bits per heavy atom. The molecule has 0 aromatic carbocycles. The lowest BCUT2D eigenvalue weighted by atomic mass is 10.1. The predicted molar refractivity (Wildman–Crippen MR) is 50.5 cm³/mol. The van der Waals surface area contributed by atoms with Crippen molar-refractivity contribution in [3.63, 3.8) is 0 Å². The molecule has 0 heterocycles. The van der Waals surface area contributed by atoms with Gasteiger partial charge in [0.25, 0.3) is 0 Å². The van der Waals surface area contributed by atoms with Crippen LogP contribution in [0.4, 0.5) is 13.2 Å². The summed E-state index contributed by atoms with van der Waals surface area (Å²) in [4.78, 5) is 1.07. The molecule has 84 valence electrons. The van der Waals surface area contributed by atoms with Crippen LogP contribution >= 0.6 is 0 Å². The lowest BCUT2D eigenvalue weighted by Crippen LogP contribution is -2.44. The molecule has 5 heteroatoms. The van der Waals surface area contributed by atoms with E-state index in [1.54, 1.807) is 27.7 Å². The van der Waals surface area contributed by atoms with E-state index in [0.29, 0.717) is 0 Å². The number of rotatable bonds is 3. The summed E-state index contributed by atoms with van der Waals surface area (Å²) in [5.74, 6) is -0.142. The molecule has 14 heavy (non-hydrogen) atoms. The third kappa shape index (κ3) is 4.48. The van der Waals surface area contributed by atoms with E-state index in [1.165, 1.54) is 0 Å². The number of hydrogen-bond donors (Lipinski definition) is 1. The summed E-state index contributed by atoms with van der Waals surface area (Å²) in [5.41, 5.74) is 0. The highest BCUT2D eigenvalue weighted by Crippen LogP contribution is 2.19. The Hall–Kier alpha value is -0.740. The molecule has 0 aromatic heterocycles. The zero-order valence-electron chi connectivity index (χ0n) is 8.94. The molecule has 0 unspecified atom stereocenters. The van der Waals surface area contributed by atoms with Crippen LogP contribution in [-0.4, -0.2) is 29.5 Å². The fourth-order valence-electron chi connectivity index (χ4n) is 1.07. The molecule has 0 aliphatic rings. The molecule has 1 N–H and O–H groups in total. The Labute approximate surface area is 82.6 Å². The van der Waals surface area contributed by atoms with Crippen molar-refractivity contribution in [1.82, 2.24) is 4.90 Å². The molecule has 0 aliphatic heterocycles. The number of hydrogen-bond acceptors (Lipinski definition) is 1. The van der Waals surface area contributed by atoms with Gasteiger partial charge in [-0.05, 0) is 13.8 Å². The second kappa shape index (κ2) is 4.66. The topological polar surface area (TPSA) is 27.1 Å². The normalized spacial score (nSPS) is 12.4. The van der Waals surface area contributed by atoms with Gasteiger partial charge in [0.05, 0.1) is 5.84 Å². The minimum atomic E-state index is -4.24. The smallest absolute Gasteiger partial charge is 0.349 e. The molecule has 0 saturated carbocycles. The van der Waals surface area contributed by atoms with Crippen LogP contribution in [-0.2, 0) is 0 Å². The summed E-state index contributed by atoms with van der Waals surface area (Å²) in [5, 5.41) is 7.54. The van der Waals surface area contributed by atoms with Crippen molar-refractivity contribution in [2.75, 3.05) is 6.54 Å². The lowest BCUT2D eigenvalue weighted by molar-refractivity contribution is -0.140. The third-order valence-electron chi connectivity index (χ3n) is 1.83. The van der Waals surface area contributed by atoms with E-state index >= 15 is 0 Å². The summed E-state index contributed by atoms with van der Waals surface area (Å²) in [6.45, 7) is 5.70. The van der Waals surface area contributed by atoms with Crippen LogP contribution in [0.3, 0.4) is 0 Å². The first kappa shape index (κ1) is 13.3. The number of amidine groups is 1. The van der Waals surface area contributed by atoms with Gasteiger partial charge in [-0.1, -0.05) is 13.8 Å². The van der Waals surface area contributed by atoms with Gasteiger partial charge < -0.3 is 4.90 Å². The average Bonchev–Trinajstić information content (AvgIpc) is 1.96. The Morgan fingerprint density at radius 2 is 1.64 bits per heavy atom. The summed E-state index contributed by atoms with van der Waals surface area (Å²) < 4.78 is 36.5. The molecular weight excluding hydrogens is 193 g/mol. The number of alkyl halides is 3. The van der Waals surface area contributed by atoms with E-state index in [0.717, 1.165) is 4.90 Å². The molecule has 2 nitrogen and oxygen atoms in total. The Morgan fingerprint density at radius 1 is 1.21 bits per heavy atom. The molecule has 0 aliphatic carbocycles. The van der Waals surface area contributed by atoms with E-state index in [4.69, 9.17) is 5.41 Å². The van der Waals surface area contributed by atoms with Crippen molar-refractivity contribution >= 4 is 5.84 Å². The molecule has 0 atom stereocenters. The maximum atomic E-state index is 12.2. The summed E-state index contributed by atoms with van der Waals surface area (Å²) in [7, 11) is 0. The zero-order valence-corrected chi connectivity index (χ0v) is 8.94. The molecule has 0 fully saturated rings. The quantitative estimate of drug-likeness (QED) is 0.562. The minimum Gasteiger partial charge on any atom is -0.349 e. The van der Waals surface area contributed by atoms with Gasteiger partial charge in [-0.25, -0.2) is 0 Å². The standard InChI is InChI=1S/C9H17F3N2/c1-6(2)8(13)14(7(3)4)5-9(10,11)12/h6-7,13H,5H2,1-4H3. The van der Waals surface area contributed by atoms with Gasteiger partial charge in [0.2, 0.25) is 0 Å². The molecule has 0 bridgehead atoms. The summed E-state index contributed by atoms with van der Waals surface area (Å²) >= 11 is 0. The third-order valence-corrected chi connectivity index (χ3v) is 1.83. The van der Waals surface area contributed by atoms with Crippen LogP contribution in [0, 0.1) is 11.3 Å². The van der Waals surface area contributed by atoms with E-state index in [1.807, 2.05) is 0 Å². The first-order valence-corrected chi connectivity index (χ1v) is 4.57. The molecule has 0 spiro atoms. The molecule has 0 saturated heterocycles. The summed E-state index contributed by atoms with van der Waals surface area (Å²) in [6.07, 6.45) is -4.24. The van der Waals surface area contributed by atoms with E-state index in [9.17, 15) is 13.2 Å². The largest absolute Gasteiger partial charge is 0.405 e. The Balaban J connectivity index is 4.54. The van der Waals surface area contributed by atoms with Gasteiger partial charge >= 0.3 is 6.18 Å². The van der Waals surface area contributed by atoms with Crippen LogP contribution in [0.25, 0.3) is 0 Å². The van der Waals surface area contributed by atoms with Crippen molar-refractivity contribution in [2.24, 2.45) is 5.92 Å². The van der Waals surface area contributed by atoms with E-state index in [2.05, 4.69) is 0 Å². The van der Waals surface area contributed by atoms with Gasteiger partial charge in [-0.15, -0.1) is 0 Å². The average molecular weight is 210 g/mol. The van der Waals surface area contributed by atoms with Gasteiger partial charge in [0.15, 0.2) is 0 Å². The van der Waals surface area contributed by atoms with Crippen molar-refractivity contribution in [1.29, 1.82) is 5.41 Å². The lowest BCUT2D eigenvalue weighted by Gasteiger charge is -2.31. The van der Waals surface area contributed by atoms with Gasteiger partial charge in [0, 0.05) is 12.0 Å².